The van der Waals surface area contributed by atoms with Gasteiger partial charge in [0.05, 0.1) is 5.92 Å². The molecule has 0 spiro atoms. The van der Waals surface area contributed by atoms with E-state index in [2.05, 4.69) is 51.1 Å². The molecule has 2 aromatic rings. The minimum absolute atomic E-state index is 0.0446. The van der Waals surface area contributed by atoms with Crippen molar-refractivity contribution in [2.75, 3.05) is 7.05 Å². The van der Waals surface area contributed by atoms with Crippen LogP contribution in [0.2, 0.25) is 0 Å². The lowest BCUT2D eigenvalue weighted by Gasteiger charge is -2.41. The third-order valence-electron chi connectivity index (χ3n) is 5.00. The van der Waals surface area contributed by atoms with Crippen molar-refractivity contribution < 1.29 is 4.79 Å². The minimum Gasteiger partial charge on any atom is -0.385 e. The summed E-state index contributed by atoms with van der Waals surface area (Å²) in [5.41, 5.74) is 8.01. The van der Waals surface area contributed by atoms with Crippen molar-refractivity contribution in [2.45, 2.75) is 38.0 Å². The molecule has 126 valence electrons. The zero-order chi connectivity index (χ0) is 17.5. The average molecular weight is 340 g/mol. The molecule has 2 heterocycles. The lowest BCUT2D eigenvalue weighted by atomic mass is 9.69. The first-order valence-electron chi connectivity index (χ1n) is 8.24. The highest BCUT2D eigenvalue weighted by Crippen LogP contribution is 2.46. The Bertz CT molecular complexity index is 761. The lowest BCUT2D eigenvalue weighted by Crippen LogP contribution is -2.47. The molecule has 1 aliphatic heterocycles. The summed E-state index contributed by atoms with van der Waals surface area (Å²) in [6.45, 7) is 6.46. The fraction of sp³-hybridized carbons (Fsp3) is 0.350. The Morgan fingerprint density at radius 1 is 1.21 bits per heavy atom. The average Bonchev–Trinajstić information content (AvgIpc) is 3.08. The number of carbonyl (C=O) groups excluding carboxylic acids is 1. The number of benzene rings is 1. The Hall–Kier alpha value is -2.07. The van der Waals surface area contributed by atoms with Gasteiger partial charge in [-0.25, -0.2) is 0 Å². The quantitative estimate of drug-likeness (QED) is 0.911. The molecule has 0 saturated carbocycles. The van der Waals surface area contributed by atoms with Crippen molar-refractivity contribution in [3.05, 3.63) is 69.7 Å². The van der Waals surface area contributed by atoms with E-state index < -0.39 is 5.41 Å². The van der Waals surface area contributed by atoms with Gasteiger partial charge in [-0.05, 0) is 41.5 Å². The monoisotopic (exact) mass is 340 g/mol. The standard InChI is InChI=1S/C20H24N2OS/c1-13(2)14-7-9-15(10-8-14)18-19(23)22(4)17(21)12-20(18,3)16-6-5-11-24-16/h5-13,18H,21H2,1-4H3/t18-,20+/m0/s1. The molecule has 0 saturated heterocycles. The number of likely N-dealkylation sites (N-methyl/N-ethyl adjacent to an activating group) is 1. The van der Waals surface area contributed by atoms with Crippen LogP contribution in [0.15, 0.2) is 53.7 Å². The highest BCUT2D eigenvalue weighted by Gasteiger charge is 2.46. The first kappa shape index (κ1) is 16.8. The van der Waals surface area contributed by atoms with E-state index in [0.717, 1.165) is 10.4 Å². The predicted octanol–water partition coefficient (Wildman–Crippen LogP) is 4.19. The van der Waals surface area contributed by atoms with Crippen molar-refractivity contribution in [2.24, 2.45) is 5.73 Å². The van der Waals surface area contributed by atoms with Gasteiger partial charge in [0.2, 0.25) is 5.91 Å². The molecule has 3 rings (SSSR count). The Labute approximate surface area is 147 Å². The van der Waals surface area contributed by atoms with Crippen molar-refractivity contribution in [1.29, 1.82) is 0 Å². The topological polar surface area (TPSA) is 46.3 Å². The van der Waals surface area contributed by atoms with Crippen LogP contribution in [-0.2, 0) is 10.2 Å². The summed E-state index contributed by atoms with van der Waals surface area (Å²) >= 11 is 1.67. The molecular formula is C20H24N2OS. The largest absolute Gasteiger partial charge is 0.385 e. The van der Waals surface area contributed by atoms with E-state index in [1.54, 1.807) is 23.3 Å². The maximum absolute atomic E-state index is 13.1. The summed E-state index contributed by atoms with van der Waals surface area (Å²) in [5.74, 6) is 0.770. The van der Waals surface area contributed by atoms with Crippen molar-refractivity contribution in [1.82, 2.24) is 4.90 Å². The molecule has 0 bridgehead atoms. The zero-order valence-corrected chi connectivity index (χ0v) is 15.4. The van der Waals surface area contributed by atoms with E-state index in [1.165, 1.54) is 5.56 Å². The molecule has 3 nitrogen and oxygen atoms in total. The first-order chi connectivity index (χ1) is 11.3. The van der Waals surface area contributed by atoms with Crippen LogP contribution in [0.25, 0.3) is 0 Å². The number of rotatable bonds is 3. The Kier molecular flexibility index (Phi) is 4.26. The van der Waals surface area contributed by atoms with Gasteiger partial charge in [-0.2, -0.15) is 0 Å². The second-order valence-corrected chi connectivity index (χ2v) is 7.93. The maximum atomic E-state index is 13.1. The summed E-state index contributed by atoms with van der Waals surface area (Å²) in [4.78, 5) is 15.8. The molecule has 0 aliphatic carbocycles. The number of hydrogen-bond acceptors (Lipinski definition) is 3. The Morgan fingerprint density at radius 3 is 2.42 bits per heavy atom. The normalized spacial score (nSPS) is 24.4. The summed E-state index contributed by atoms with van der Waals surface area (Å²) in [7, 11) is 1.75. The first-order valence-corrected chi connectivity index (χ1v) is 9.12. The smallest absolute Gasteiger partial charge is 0.236 e. The molecule has 0 fully saturated rings. The summed E-state index contributed by atoms with van der Waals surface area (Å²) in [5, 5.41) is 2.05. The molecule has 0 radical (unpaired) electrons. The maximum Gasteiger partial charge on any atom is 0.236 e. The number of amides is 1. The molecule has 1 aromatic carbocycles. The van der Waals surface area contributed by atoms with Crippen molar-refractivity contribution >= 4 is 17.2 Å². The summed E-state index contributed by atoms with van der Waals surface area (Å²) in [6.07, 6.45) is 2.03. The fourth-order valence-corrected chi connectivity index (χ4v) is 4.32. The second-order valence-electron chi connectivity index (χ2n) is 6.98. The number of nitrogens with two attached hydrogens (primary N) is 1. The van der Waals surface area contributed by atoms with Gasteiger partial charge in [0, 0.05) is 17.3 Å². The van der Waals surface area contributed by atoms with E-state index in [9.17, 15) is 4.79 Å². The van der Waals surface area contributed by atoms with Crippen LogP contribution >= 0.6 is 11.3 Å². The predicted molar refractivity (Wildman–Crippen MR) is 100.0 cm³/mol. The van der Waals surface area contributed by atoms with Crippen LogP contribution in [-0.4, -0.2) is 17.9 Å². The third-order valence-corrected chi connectivity index (χ3v) is 6.12. The molecular weight excluding hydrogens is 316 g/mol. The molecule has 1 aromatic heterocycles. The highest BCUT2D eigenvalue weighted by atomic mass is 32.1. The third kappa shape index (κ3) is 2.65. The molecule has 2 N–H and O–H groups in total. The SMILES string of the molecule is CC(C)c1ccc([C@H]2C(=O)N(C)C(N)=C[C@]2(C)c2cccs2)cc1. The fourth-order valence-electron chi connectivity index (χ4n) is 3.43. The molecule has 1 aliphatic rings. The van der Waals surface area contributed by atoms with E-state index in [4.69, 9.17) is 5.73 Å². The number of thiophene rings is 1. The molecule has 2 atom stereocenters. The van der Waals surface area contributed by atoms with Gasteiger partial charge in [-0.1, -0.05) is 44.2 Å². The van der Waals surface area contributed by atoms with Gasteiger partial charge >= 0.3 is 0 Å². The Balaban J connectivity index is 2.13. The van der Waals surface area contributed by atoms with Crippen LogP contribution < -0.4 is 5.73 Å². The zero-order valence-electron chi connectivity index (χ0n) is 14.6. The van der Waals surface area contributed by atoms with E-state index in [1.807, 2.05) is 17.5 Å². The van der Waals surface area contributed by atoms with Crippen molar-refractivity contribution in [3.8, 4) is 0 Å². The number of hydrogen-bond donors (Lipinski definition) is 1. The minimum atomic E-state index is -0.429. The lowest BCUT2D eigenvalue weighted by molar-refractivity contribution is -0.132. The molecule has 24 heavy (non-hydrogen) atoms. The van der Waals surface area contributed by atoms with E-state index in [-0.39, 0.29) is 11.8 Å². The van der Waals surface area contributed by atoms with Gasteiger partial charge in [-0.3, -0.25) is 4.79 Å². The highest BCUT2D eigenvalue weighted by molar-refractivity contribution is 7.10. The second kappa shape index (κ2) is 6.10. The summed E-state index contributed by atoms with van der Waals surface area (Å²) < 4.78 is 0. The number of carbonyl (C=O) groups is 1. The van der Waals surface area contributed by atoms with Crippen LogP contribution in [0.4, 0.5) is 0 Å². The Morgan fingerprint density at radius 2 is 1.88 bits per heavy atom. The molecule has 1 amide bonds. The van der Waals surface area contributed by atoms with E-state index in [0.29, 0.717) is 11.7 Å². The van der Waals surface area contributed by atoms with Gasteiger partial charge < -0.3 is 10.6 Å². The van der Waals surface area contributed by atoms with Crippen LogP contribution in [0.1, 0.15) is 48.6 Å². The van der Waals surface area contributed by atoms with E-state index >= 15 is 0 Å². The number of nitrogens with zero attached hydrogens (tertiary/aromatic N) is 1. The van der Waals surface area contributed by atoms with Gasteiger partial charge in [-0.15, -0.1) is 11.3 Å². The molecule has 0 unspecified atom stereocenters. The number of allylic oxidation sites excluding steroid dienone is 1. The van der Waals surface area contributed by atoms with Crippen LogP contribution in [0.3, 0.4) is 0 Å². The van der Waals surface area contributed by atoms with Gasteiger partial charge in [0.15, 0.2) is 0 Å². The van der Waals surface area contributed by atoms with Gasteiger partial charge in [0.25, 0.3) is 0 Å². The van der Waals surface area contributed by atoms with Crippen molar-refractivity contribution in [3.63, 3.8) is 0 Å². The van der Waals surface area contributed by atoms with Crippen LogP contribution in [0, 0.1) is 0 Å². The summed E-state index contributed by atoms with van der Waals surface area (Å²) in [6, 6.07) is 12.5. The molecule has 4 heteroatoms. The van der Waals surface area contributed by atoms with Crippen LogP contribution in [0.5, 0.6) is 0 Å². The van der Waals surface area contributed by atoms with Gasteiger partial charge in [0.1, 0.15) is 5.82 Å².